The van der Waals surface area contributed by atoms with Gasteiger partial charge in [-0.15, -0.1) is 0 Å². The summed E-state index contributed by atoms with van der Waals surface area (Å²) < 4.78 is 2.08. The van der Waals surface area contributed by atoms with Crippen molar-refractivity contribution in [2.24, 2.45) is 7.05 Å². The number of hydrogen-bond donors (Lipinski definition) is 1. The molecule has 2 heterocycles. The van der Waals surface area contributed by atoms with Gasteiger partial charge in [0.15, 0.2) is 0 Å². The second-order valence-electron chi connectivity index (χ2n) is 4.86. The van der Waals surface area contributed by atoms with Crippen molar-refractivity contribution in [3.8, 4) is 0 Å². The van der Waals surface area contributed by atoms with E-state index in [-0.39, 0.29) is 0 Å². The van der Waals surface area contributed by atoms with Crippen molar-refractivity contribution in [2.45, 2.75) is 32.0 Å². The van der Waals surface area contributed by atoms with Gasteiger partial charge in [-0.2, -0.15) is 0 Å². The fraction of sp³-hybridized carbons (Fsp3) is 0.667. The molecule has 0 aromatic carbocycles. The minimum absolute atomic E-state index is 0.605. The average molecular weight is 242 g/mol. The molecule has 1 aliphatic heterocycles. The Morgan fingerprint density at radius 2 is 2.25 bits per heavy atom. The topological polar surface area (TPSA) is 20.2 Å². The molecule has 0 saturated carbocycles. The molecular weight excluding hydrogens is 222 g/mol. The third kappa shape index (κ3) is 2.59. The SMILES string of the molecule is CC1CC(NCc2cc(Cl)cn2C)CN1C. The monoisotopic (exact) mass is 241 g/mol. The van der Waals surface area contributed by atoms with Crippen LogP contribution in [0.1, 0.15) is 19.0 Å². The molecule has 2 unspecified atom stereocenters. The second-order valence-corrected chi connectivity index (χ2v) is 5.30. The Bertz CT molecular complexity index is 351. The van der Waals surface area contributed by atoms with Gasteiger partial charge in [-0.05, 0) is 26.5 Å². The summed E-state index contributed by atoms with van der Waals surface area (Å²) >= 11 is 5.95. The number of hydrogen-bond acceptors (Lipinski definition) is 2. The molecule has 16 heavy (non-hydrogen) atoms. The van der Waals surface area contributed by atoms with Crippen LogP contribution in [0, 0.1) is 0 Å². The number of aryl methyl sites for hydroxylation is 1. The minimum atomic E-state index is 0.605. The first-order valence-electron chi connectivity index (χ1n) is 5.80. The number of halogens is 1. The fourth-order valence-electron chi connectivity index (χ4n) is 2.33. The maximum Gasteiger partial charge on any atom is 0.0585 e. The molecular formula is C12H20ClN3. The van der Waals surface area contributed by atoms with Gasteiger partial charge in [-0.3, -0.25) is 0 Å². The highest BCUT2D eigenvalue weighted by Gasteiger charge is 2.25. The van der Waals surface area contributed by atoms with Crippen molar-refractivity contribution in [1.29, 1.82) is 0 Å². The van der Waals surface area contributed by atoms with Gasteiger partial charge in [0.1, 0.15) is 0 Å². The van der Waals surface area contributed by atoms with Crippen LogP contribution in [0.2, 0.25) is 5.02 Å². The van der Waals surface area contributed by atoms with Crippen LogP contribution >= 0.6 is 11.6 Å². The first-order valence-corrected chi connectivity index (χ1v) is 6.18. The molecule has 3 nitrogen and oxygen atoms in total. The Balaban J connectivity index is 1.86. The Kier molecular flexibility index (Phi) is 3.57. The zero-order valence-electron chi connectivity index (χ0n) is 10.2. The van der Waals surface area contributed by atoms with Crippen LogP contribution in [-0.2, 0) is 13.6 Å². The molecule has 1 aromatic rings. The van der Waals surface area contributed by atoms with Gasteiger partial charge in [0.25, 0.3) is 0 Å². The number of likely N-dealkylation sites (N-methyl/N-ethyl adjacent to an activating group) is 1. The normalized spacial score (nSPS) is 26.5. The van der Waals surface area contributed by atoms with E-state index < -0.39 is 0 Å². The van der Waals surface area contributed by atoms with Crippen LogP contribution in [0.15, 0.2) is 12.3 Å². The van der Waals surface area contributed by atoms with Gasteiger partial charge >= 0.3 is 0 Å². The van der Waals surface area contributed by atoms with Crippen LogP contribution in [-0.4, -0.2) is 35.1 Å². The summed E-state index contributed by atoms with van der Waals surface area (Å²) in [6, 6.07) is 3.32. The van der Waals surface area contributed by atoms with E-state index in [0.29, 0.717) is 12.1 Å². The Hall–Kier alpha value is -0.510. The number of rotatable bonds is 3. The average Bonchev–Trinajstić information content (AvgIpc) is 2.68. The van der Waals surface area contributed by atoms with Crippen molar-refractivity contribution in [2.75, 3.05) is 13.6 Å². The third-order valence-corrected chi connectivity index (χ3v) is 3.74. The molecule has 0 spiro atoms. The molecule has 1 saturated heterocycles. The predicted molar refractivity (Wildman–Crippen MR) is 67.8 cm³/mol. The smallest absolute Gasteiger partial charge is 0.0585 e. The van der Waals surface area contributed by atoms with E-state index in [4.69, 9.17) is 11.6 Å². The van der Waals surface area contributed by atoms with Crippen molar-refractivity contribution in [3.63, 3.8) is 0 Å². The molecule has 1 aliphatic rings. The Morgan fingerprint density at radius 3 is 2.75 bits per heavy atom. The lowest BCUT2D eigenvalue weighted by Gasteiger charge is -2.13. The van der Waals surface area contributed by atoms with Gasteiger partial charge in [-0.25, -0.2) is 0 Å². The van der Waals surface area contributed by atoms with Crippen LogP contribution in [0.3, 0.4) is 0 Å². The third-order valence-electron chi connectivity index (χ3n) is 3.53. The molecule has 1 aromatic heterocycles. The lowest BCUT2D eigenvalue weighted by molar-refractivity contribution is 0.326. The summed E-state index contributed by atoms with van der Waals surface area (Å²) in [4.78, 5) is 2.40. The van der Waals surface area contributed by atoms with Crippen LogP contribution in [0.25, 0.3) is 0 Å². The van der Waals surface area contributed by atoms with E-state index >= 15 is 0 Å². The van der Waals surface area contributed by atoms with E-state index in [0.717, 1.165) is 18.1 Å². The lowest BCUT2D eigenvalue weighted by Crippen LogP contribution is -2.31. The van der Waals surface area contributed by atoms with E-state index in [1.165, 1.54) is 12.1 Å². The van der Waals surface area contributed by atoms with Crippen molar-refractivity contribution in [1.82, 2.24) is 14.8 Å². The molecule has 1 N–H and O–H groups in total. The second kappa shape index (κ2) is 4.78. The molecule has 0 radical (unpaired) electrons. The van der Waals surface area contributed by atoms with E-state index in [2.05, 4.69) is 28.8 Å². The molecule has 2 atom stereocenters. The maximum atomic E-state index is 5.95. The highest BCUT2D eigenvalue weighted by atomic mass is 35.5. The molecule has 0 amide bonds. The standard InChI is InChI=1S/C12H20ClN3/c1-9-4-11(8-15(9)2)14-6-12-5-10(13)7-16(12)3/h5,7,9,11,14H,4,6,8H2,1-3H3. The minimum Gasteiger partial charge on any atom is -0.352 e. The summed E-state index contributed by atoms with van der Waals surface area (Å²) in [6.45, 7) is 4.31. The molecule has 1 fully saturated rings. The molecule has 0 bridgehead atoms. The van der Waals surface area contributed by atoms with Gasteiger partial charge in [0, 0.05) is 44.1 Å². The zero-order chi connectivity index (χ0) is 11.7. The summed E-state index contributed by atoms with van der Waals surface area (Å²) in [5.41, 5.74) is 1.24. The summed E-state index contributed by atoms with van der Waals surface area (Å²) in [6.07, 6.45) is 3.18. The van der Waals surface area contributed by atoms with Gasteiger partial charge in [0.2, 0.25) is 0 Å². The van der Waals surface area contributed by atoms with Crippen molar-refractivity contribution in [3.05, 3.63) is 23.0 Å². The first kappa shape index (κ1) is 12.0. The molecule has 2 rings (SSSR count). The van der Waals surface area contributed by atoms with Crippen LogP contribution in [0.4, 0.5) is 0 Å². The van der Waals surface area contributed by atoms with Crippen molar-refractivity contribution >= 4 is 11.6 Å². The maximum absolute atomic E-state index is 5.95. The van der Waals surface area contributed by atoms with Crippen molar-refractivity contribution < 1.29 is 0 Å². The van der Waals surface area contributed by atoms with Gasteiger partial charge in [-0.1, -0.05) is 11.6 Å². The summed E-state index contributed by atoms with van der Waals surface area (Å²) in [5.74, 6) is 0. The quantitative estimate of drug-likeness (QED) is 0.872. The Morgan fingerprint density at radius 1 is 1.50 bits per heavy atom. The number of nitrogens with zero attached hydrogens (tertiary/aromatic N) is 2. The molecule has 4 heteroatoms. The summed E-state index contributed by atoms with van der Waals surface area (Å²) in [7, 11) is 4.22. The van der Waals surface area contributed by atoms with Gasteiger partial charge in [0.05, 0.1) is 5.02 Å². The number of likely N-dealkylation sites (tertiary alicyclic amines) is 1. The largest absolute Gasteiger partial charge is 0.352 e. The summed E-state index contributed by atoms with van der Waals surface area (Å²) in [5, 5.41) is 4.41. The first-order chi connectivity index (χ1) is 7.56. The predicted octanol–water partition coefficient (Wildman–Crippen LogP) is 1.86. The van der Waals surface area contributed by atoms with E-state index in [1.807, 2.05) is 19.3 Å². The molecule has 90 valence electrons. The van der Waals surface area contributed by atoms with Gasteiger partial charge < -0.3 is 14.8 Å². The number of nitrogens with one attached hydrogen (secondary N) is 1. The molecule has 0 aliphatic carbocycles. The van der Waals surface area contributed by atoms with E-state index in [1.54, 1.807) is 0 Å². The van der Waals surface area contributed by atoms with Crippen LogP contribution in [0.5, 0.6) is 0 Å². The highest BCUT2D eigenvalue weighted by Crippen LogP contribution is 2.16. The fourth-order valence-corrected chi connectivity index (χ4v) is 2.60. The highest BCUT2D eigenvalue weighted by molar-refractivity contribution is 6.30. The lowest BCUT2D eigenvalue weighted by atomic mass is 10.2. The zero-order valence-corrected chi connectivity index (χ0v) is 11.0. The Labute approximate surface area is 102 Å². The number of aromatic nitrogens is 1. The van der Waals surface area contributed by atoms with Crippen LogP contribution < -0.4 is 5.32 Å². The van der Waals surface area contributed by atoms with E-state index in [9.17, 15) is 0 Å².